The lowest BCUT2D eigenvalue weighted by Gasteiger charge is -2.12. The van der Waals surface area contributed by atoms with Crippen molar-refractivity contribution in [1.29, 1.82) is 0 Å². The standard InChI is InChI=1S/C11H16FNO6S/c1-16-4-5-19-13-20(14,15)11-7-10(18-3)9(17-2)6-8(11)12/h6-7,13H,4-5H2,1-3H3. The molecule has 7 nitrogen and oxygen atoms in total. The molecule has 0 saturated carbocycles. The Morgan fingerprint density at radius 3 is 2.25 bits per heavy atom. The zero-order chi connectivity index (χ0) is 15.2. The minimum atomic E-state index is -4.17. The highest BCUT2D eigenvalue weighted by atomic mass is 32.2. The minimum absolute atomic E-state index is 0.00929. The van der Waals surface area contributed by atoms with Crippen molar-refractivity contribution in [3.05, 3.63) is 17.9 Å². The molecular weight excluding hydrogens is 293 g/mol. The molecule has 0 radical (unpaired) electrons. The minimum Gasteiger partial charge on any atom is -0.493 e. The molecular formula is C11H16FNO6S. The van der Waals surface area contributed by atoms with Crippen LogP contribution in [0.3, 0.4) is 0 Å². The van der Waals surface area contributed by atoms with Gasteiger partial charge >= 0.3 is 0 Å². The van der Waals surface area contributed by atoms with E-state index in [0.29, 0.717) is 0 Å². The van der Waals surface area contributed by atoms with Gasteiger partial charge in [0.25, 0.3) is 10.0 Å². The summed E-state index contributed by atoms with van der Waals surface area (Å²) in [6.45, 7) is 0.182. The van der Waals surface area contributed by atoms with Gasteiger partial charge in [-0.2, -0.15) is 0 Å². The molecule has 114 valence electrons. The summed E-state index contributed by atoms with van der Waals surface area (Å²) in [5.74, 6) is -0.805. The first kappa shape index (κ1) is 16.6. The lowest BCUT2D eigenvalue weighted by Crippen LogP contribution is -2.26. The van der Waals surface area contributed by atoms with Crippen molar-refractivity contribution in [2.24, 2.45) is 0 Å². The first-order valence-corrected chi connectivity index (χ1v) is 6.98. The number of methoxy groups -OCH3 is 3. The van der Waals surface area contributed by atoms with Gasteiger partial charge in [-0.05, 0) is 0 Å². The van der Waals surface area contributed by atoms with Crippen LogP contribution in [0.5, 0.6) is 11.5 Å². The van der Waals surface area contributed by atoms with E-state index in [-0.39, 0.29) is 24.7 Å². The number of hydrogen-bond acceptors (Lipinski definition) is 6. The highest BCUT2D eigenvalue weighted by molar-refractivity contribution is 7.89. The van der Waals surface area contributed by atoms with E-state index in [1.165, 1.54) is 21.3 Å². The number of nitrogens with one attached hydrogen (secondary N) is 1. The summed E-state index contributed by atoms with van der Waals surface area (Å²) in [6.07, 6.45) is 0. The van der Waals surface area contributed by atoms with Crippen molar-refractivity contribution in [2.75, 3.05) is 34.5 Å². The van der Waals surface area contributed by atoms with E-state index >= 15 is 0 Å². The number of rotatable bonds is 8. The Kier molecular flexibility index (Phi) is 6.14. The van der Waals surface area contributed by atoms with Gasteiger partial charge in [-0.1, -0.05) is 4.89 Å². The average molecular weight is 309 g/mol. The van der Waals surface area contributed by atoms with Crippen molar-refractivity contribution in [3.63, 3.8) is 0 Å². The second-order valence-corrected chi connectivity index (χ2v) is 5.18. The van der Waals surface area contributed by atoms with Gasteiger partial charge in [0.1, 0.15) is 10.7 Å². The summed E-state index contributed by atoms with van der Waals surface area (Å²) in [5, 5.41) is 0. The molecule has 20 heavy (non-hydrogen) atoms. The van der Waals surface area contributed by atoms with Crippen LogP contribution in [0.15, 0.2) is 17.0 Å². The van der Waals surface area contributed by atoms with Gasteiger partial charge < -0.3 is 14.2 Å². The Labute approximate surface area is 116 Å². The summed E-state index contributed by atoms with van der Waals surface area (Å²) < 4.78 is 52.0. The van der Waals surface area contributed by atoms with Gasteiger partial charge in [-0.25, -0.2) is 12.8 Å². The van der Waals surface area contributed by atoms with Crippen molar-refractivity contribution in [1.82, 2.24) is 4.89 Å². The number of halogens is 1. The first-order valence-electron chi connectivity index (χ1n) is 5.50. The highest BCUT2D eigenvalue weighted by Gasteiger charge is 2.22. The Morgan fingerprint density at radius 1 is 1.10 bits per heavy atom. The maximum Gasteiger partial charge on any atom is 0.265 e. The molecule has 1 N–H and O–H groups in total. The van der Waals surface area contributed by atoms with E-state index < -0.39 is 20.7 Å². The van der Waals surface area contributed by atoms with E-state index in [1.807, 2.05) is 0 Å². The van der Waals surface area contributed by atoms with E-state index in [4.69, 9.17) is 9.47 Å². The summed E-state index contributed by atoms with van der Waals surface area (Å²) in [4.78, 5) is 5.87. The predicted molar refractivity (Wildman–Crippen MR) is 67.7 cm³/mol. The summed E-state index contributed by atoms with van der Waals surface area (Å²) in [6, 6.07) is 1.93. The van der Waals surface area contributed by atoms with Crippen LogP contribution in [0.2, 0.25) is 0 Å². The first-order chi connectivity index (χ1) is 9.46. The Hall–Kier alpha value is -1.42. The van der Waals surface area contributed by atoms with Crippen LogP contribution in [0.1, 0.15) is 0 Å². The molecule has 0 heterocycles. The number of benzene rings is 1. The molecule has 0 atom stereocenters. The topological polar surface area (TPSA) is 83.1 Å². The van der Waals surface area contributed by atoms with Crippen LogP contribution < -0.4 is 14.4 Å². The zero-order valence-corrected chi connectivity index (χ0v) is 12.1. The van der Waals surface area contributed by atoms with Crippen molar-refractivity contribution in [3.8, 4) is 11.5 Å². The quantitative estimate of drug-likeness (QED) is 0.562. The fraction of sp³-hybridized carbons (Fsp3) is 0.455. The molecule has 0 aliphatic heterocycles. The second-order valence-electron chi connectivity index (χ2n) is 3.57. The van der Waals surface area contributed by atoms with E-state index in [9.17, 15) is 12.8 Å². The second kappa shape index (κ2) is 7.39. The molecule has 0 aliphatic rings. The lowest BCUT2D eigenvalue weighted by molar-refractivity contribution is 0.0437. The largest absolute Gasteiger partial charge is 0.493 e. The highest BCUT2D eigenvalue weighted by Crippen LogP contribution is 2.31. The molecule has 0 aliphatic carbocycles. The fourth-order valence-electron chi connectivity index (χ4n) is 1.33. The van der Waals surface area contributed by atoms with Crippen LogP contribution in [0, 0.1) is 5.82 Å². The number of ether oxygens (including phenoxy) is 3. The fourth-order valence-corrected chi connectivity index (χ4v) is 2.24. The maximum absolute atomic E-state index is 13.8. The molecule has 0 amide bonds. The van der Waals surface area contributed by atoms with Crippen LogP contribution in [-0.4, -0.2) is 43.0 Å². The summed E-state index contributed by atoms with van der Waals surface area (Å²) >= 11 is 0. The summed E-state index contributed by atoms with van der Waals surface area (Å²) in [7, 11) is -0.0997. The lowest BCUT2D eigenvalue weighted by atomic mass is 10.3. The third-order valence-corrected chi connectivity index (χ3v) is 3.51. The van der Waals surface area contributed by atoms with Crippen molar-refractivity contribution in [2.45, 2.75) is 4.90 Å². The third kappa shape index (κ3) is 4.04. The van der Waals surface area contributed by atoms with Gasteiger partial charge in [0.05, 0.1) is 27.4 Å². The summed E-state index contributed by atoms with van der Waals surface area (Å²) in [5.41, 5.74) is 0. The Balaban J connectivity index is 2.99. The molecule has 9 heteroatoms. The van der Waals surface area contributed by atoms with Crippen LogP contribution in [0.25, 0.3) is 0 Å². The molecule has 0 bridgehead atoms. The van der Waals surface area contributed by atoms with Crippen molar-refractivity contribution < 1.29 is 31.9 Å². The van der Waals surface area contributed by atoms with Gasteiger partial charge in [0.2, 0.25) is 0 Å². The van der Waals surface area contributed by atoms with Gasteiger partial charge in [-0.3, -0.25) is 4.84 Å². The maximum atomic E-state index is 13.8. The van der Waals surface area contributed by atoms with E-state index in [0.717, 1.165) is 12.1 Å². The van der Waals surface area contributed by atoms with Crippen LogP contribution in [0.4, 0.5) is 4.39 Å². The van der Waals surface area contributed by atoms with E-state index in [1.54, 1.807) is 4.89 Å². The van der Waals surface area contributed by atoms with E-state index in [2.05, 4.69) is 9.57 Å². The van der Waals surface area contributed by atoms with Crippen molar-refractivity contribution >= 4 is 10.0 Å². The molecule has 0 aromatic heterocycles. The number of hydrogen-bond donors (Lipinski definition) is 1. The SMILES string of the molecule is COCCONS(=O)(=O)c1cc(OC)c(OC)cc1F. The van der Waals surface area contributed by atoms with Crippen LogP contribution >= 0.6 is 0 Å². The number of sulfonamides is 1. The molecule has 1 rings (SSSR count). The third-order valence-electron chi connectivity index (χ3n) is 2.29. The van der Waals surface area contributed by atoms with Gasteiger partial charge in [0.15, 0.2) is 11.5 Å². The molecule has 0 spiro atoms. The molecule has 1 aromatic rings. The molecule has 1 aromatic carbocycles. The Morgan fingerprint density at radius 2 is 1.70 bits per heavy atom. The Bertz CT molecular complexity index is 548. The molecule has 0 saturated heterocycles. The predicted octanol–water partition coefficient (Wildman–Crippen LogP) is 0.699. The average Bonchev–Trinajstić information content (AvgIpc) is 2.43. The molecule has 0 fully saturated rings. The molecule has 0 unspecified atom stereocenters. The van der Waals surface area contributed by atoms with Gasteiger partial charge in [-0.15, -0.1) is 0 Å². The zero-order valence-electron chi connectivity index (χ0n) is 11.3. The smallest absolute Gasteiger partial charge is 0.265 e. The van der Waals surface area contributed by atoms with Crippen LogP contribution in [-0.2, 0) is 19.6 Å². The normalized spacial score (nSPS) is 11.4. The van der Waals surface area contributed by atoms with Gasteiger partial charge in [0, 0.05) is 19.2 Å². The monoisotopic (exact) mass is 309 g/mol.